The van der Waals surface area contributed by atoms with Crippen molar-refractivity contribution in [2.75, 3.05) is 30.3 Å². The van der Waals surface area contributed by atoms with Gasteiger partial charge in [-0.3, -0.25) is 4.99 Å². The first-order valence-electron chi connectivity index (χ1n) is 9.72. The molecule has 1 atom stereocenters. The predicted octanol–water partition coefficient (Wildman–Crippen LogP) is 1.62. The van der Waals surface area contributed by atoms with E-state index in [1.807, 2.05) is 24.3 Å². The van der Waals surface area contributed by atoms with Gasteiger partial charge in [-0.15, -0.1) is 0 Å². The smallest absolute Gasteiger partial charge is 0.149 e. The van der Waals surface area contributed by atoms with Gasteiger partial charge in [0.25, 0.3) is 0 Å². The van der Waals surface area contributed by atoms with Crippen molar-refractivity contribution in [3.63, 3.8) is 0 Å². The molecular weight excluding hydrogens is 366 g/mol. The largest absolute Gasteiger partial charge is 0.489 e. The van der Waals surface area contributed by atoms with E-state index < -0.39 is 0 Å². The number of nitrogens with two attached hydrogens (primary N) is 4. The number of nitrogens with zero attached hydrogens (tertiary/aromatic N) is 2. The fourth-order valence-electron chi connectivity index (χ4n) is 3.26. The topological polar surface area (TPSA) is 151 Å². The van der Waals surface area contributed by atoms with E-state index in [4.69, 9.17) is 27.7 Å². The van der Waals surface area contributed by atoms with Gasteiger partial charge in [-0.05, 0) is 60.5 Å². The van der Waals surface area contributed by atoms with Gasteiger partial charge in [0.1, 0.15) is 23.5 Å². The number of nitrogens with one attached hydrogen (secondary N) is 1. The van der Waals surface area contributed by atoms with Gasteiger partial charge in [-0.25, -0.2) is 4.98 Å². The van der Waals surface area contributed by atoms with Crippen LogP contribution in [0.15, 0.2) is 47.1 Å². The first-order chi connectivity index (χ1) is 14.0. The monoisotopic (exact) mass is 395 g/mol. The van der Waals surface area contributed by atoms with Crippen LogP contribution in [0.3, 0.4) is 0 Å². The minimum absolute atomic E-state index is 0.221. The molecule has 1 aromatic carbocycles. The lowest BCUT2D eigenvalue weighted by Gasteiger charge is -2.24. The number of nitrogen functional groups attached to an aromatic ring is 3. The van der Waals surface area contributed by atoms with E-state index in [2.05, 4.69) is 15.3 Å². The van der Waals surface area contributed by atoms with Crippen LogP contribution in [-0.4, -0.2) is 30.4 Å². The van der Waals surface area contributed by atoms with Crippen LogP contribution >= 0.6 is 0 Å². The SMILES string of the molecule is NC=C(C=NCc1cccc(OC2CCCNC2)c1)Cc1cc(N)nc(N)c1N. The fourth-order valence-corrected chi connectivity index (χ4v) is 3.26. The van der Waals surface area contributed by atoms with E-state index in [0.29, 0.717) is 24.5 Å². The van der Waals surface area contributed by atoms with Gasteiger partial charge in [0.2, 0.25) is 0 Å². The molecule has 154 valence electrons. The van der Waals surface area contributed by atoms with Gasteiger partial charge in [-0.2, -0.15) is 0 Å². The number of ether oxygens (including phenoxy) is 1. The van der Waals surface area contributed by atoms with Gasteiger partial charge >= 0.3 is 0 Å². The number of pyridine rings is 1. The minimum atomic E-state index is 0.221. The first-order valence-corrected chi connectivity index (χ1v) is 9.72. The highest BCUT2D eigenvalue weighted by molar-refractivity contribution is 5.80. The van der Waals surface area contributed by atoms with Gasteiger partial charge in [0.15, 0.2) is 0 Å². The second kappa shape index (κ2) is 9.79. The summed E-state index contributed by atoms with van der Waals surface area (Å²) in [6, 6.07) is 9.72. The summed E-state index contributed by atoms with van der Waals surface area (Å²) in [7, 11) is 0. The lowest BCUT2D eigenvalue weighted by atomic mass is 10.1. The van der Waals surface area contributed by atoms with Crippen molar-refractivity contribution in [1.29, 1.82) is 0 Å². The minimum Gasteiger partial charge on any atom is -0.489 e. The molecule has 0 amide bonds. The van der Waals surface area contributed by atoms with Crippen LogP contribution in [0.1, 0.15) is 24.0 Å². The van der Waals surface area contributed by atoms with Crippen LogP contribution in [0.4, 0.5) is 17.3 Å². The van der Waals surface area contributed by atoms with Crippen LogP contribution < -0.4 is 33.0 Å². The summed E-state index contributed by atoms with van der Waals surface area (Å²) >= 11 is 0. The molecule has 1 fully saturated rings. The molecule has 2 aromatic rings. The Kier molecular flexibility index (Phi) is 6.91. The second-order valence-corrected chi connectivity index (χ2v) is 7.13. The number of hydrogen-bond donors (Lipinski definition) is 5. The first kappa shape index (κ1) is 20.5. The lowest BCUT2D eigenvalue weighted by Crippen LogP contribution is -2.37. The third kappa shape index (κ3) is 5.86. The van der Waals surface area contributed by atoms with Crippen LogP contribution in [0.25, 0.3) is 0 Å². The zero-order valence-corrected chi connectivity index (χ0v) is 16.5. The van der Waals surface area contributed by atoms with Crippen molar-refractivity contribution in [2.45, 2.75) is 31.9 Å². The highest BCUT2D eigenvalue weighted by Crippen LogP contribution is 2.23. The number of aromatic nitrogens is 1. The number of benzene rings is 1. The molecule has 1 unspecified atom stereocenters. The van der Waals surface area contributed by atoms with Crippen LogP contribution in [0, 0.1) is 0 Å². The summed E-state index contributed by atoms with van der Waals surface area (Å²) in [6.07, 6.45) is 6.16. The Hall–Kier alpha value is -3.26. The van der Waals surface area contributed by atoms with E-state index in [-0.39, 0.29) is 11.9 Å². The van der Waals surface area contributed by atoms with Gasteiger partial charge in [-0.1, -0.05) is 12.1 Å². The van der Waals surface area contributed by atoms with Crippen molar-refractivity contribution in [3.05, 3.63) is 53.2 Å². The Morgan fingerprint density at radius 1 is 1.28 bits per heavy atom. The Balaban J connectivity index is 1.60. The van der Waals surface area contributed by atoms with E-state index in [9.17, 15) is 0 Å². The van der Waals surface area contributed by atoms with Crippen molar-refractivity contribution in [2.24, 2.45) is 10.7 Å². The van der Waals surface area contributed by atoms with E-state index in [1.54, 1.807) is 12.3 Å². The number of aliphatic imine (C=N–C) groups is 1. The van der Waals surface area contributed by atoms with Crippen molar-refractivity contribution >= 4 is 23.5 Å². The summed E-state index contributed by atoms with van der Waals surface area (Å²) in [4.78, 5) is 8.46. The zero-order chi connectivity index (χ0) is 20.6. The Bertz CT molecular complexity index is 889. The Morgan fingerprint density at radius 2 is 2.14 bits per heavy atom. The molecule has 0 aliphatic carbocycles. The van der Waals surface area contributed by atoms with E-state index in [1.165, 1.54) is 6.20 Å². The number of allylic oxidation sites excluding steroid dienone is 1. The molecule has 1 aliphatic heterocycles. The zero-order valence-electron chi connectivity index (χ0n) is 16.5. The summed E-state index contributed by atoms with van der Waals surface area (Å²) in [5.41, 5.74) is 26.3. The summed E-state index contributed by atoms with van der Waals surface area (Å²) < 4.78 is 6.07. The third-order valence-electron chi connectivity index (χ3n) is 4.79. The molecule has 9 N–H and O–H groups in total. The number of hydrogen-bond acceptors (Lipinski definition) is 8. The average Bonchev–Trinajstić information content (AvgIpc) is 2.72. The molecule has 1 aliphatic rings. The van der Waals surface area contributed by atoms with Crippen molar-refractivity contribution in [3.8, 4) is 5.75 Å². The molecule has 0 spiro atoms. The van der Waals surface area contributed by atoms with Crippen molar-refractivity contribution < 1.29 is 4.74 Å². The molecule has 0 radical (unpaired) electrons. The highest BCUT2D eigenvalue weighted by atomic mass is 16.5. The number of piperidine rings is 1. The maximum absolute atomic E-state index is 6.07. The fraction of sp³-hybridized carbons (Fsp3) is 0.333. The standard InChI is InChI=1S/C21H29N7O/c22-10-15(7-16-9-19(23)28-21(25)20(16)24)12-27-11-14-3-1-4-17(8-14)29-18-5-2-6-26-13-18/h1,3-4,8-10,12,18,26H,2,5-7,11,13,22,24H2,(H4,23,25,28). The quantitative estimate of drug-likeness (QED) is 0.447. The predicted molar refractivity (Wildman–Crippen MR) is 119 cm³/mol. The molecular formula is C21H29N7O. The second-order valence-electron chi connectivity index (χ2n) is 7.13. The van der Waals surface area contributed by atoms with Gasteiger partial charge in [0.05, 0.1) is 12.2 Å². The van der Waals surface area contributed by atoms with Crippen LogP contribution in [-0.2, 0) is 13.0 Å². The normalized spacial score (nSPS) is 17.5. The number of anilines is 3. The molecule has 2 heterocycles. The van der Waals surface area contributed by atoms with E-state index >= 15 is 0 Å². The summed E-state index contributed by atoms with van der Waals surface area (Å²) in [5, 5.41) is 3.36. The van der Waals surface area contributed by atoms with Gasteiger partial charge in [0, 0.05) is 19.2 Å². The molecule has 8 heteroatoms. The molecule has 0 bridgehead atoms. The molecule has 1 saturated heterocycles. The Morgan fingerprint density at radius 3 is 2.90 bits per heavy atom. The maximum Gasteiger partial charge on any atom is 0.149 e. The molecule has 8 nitrogen and oxygen atoms in total. The molecule has 29 heavy (non-hydrogen) atoms. The third-order valence-corrected chi connectivity index (χ3v) is 4.79. The summed E-state index contributed by atoms with van der Waals surface area (Å²) in [6.45, 7) is 2.48. The van der Waals surface area contributed by atoms with E-state index in [0.717, 1.165) is 48.4 Å². The Labute approximate surface area is 171 Å². The van der Waals surface area contributed by atoms with Crippen molar-refractivity contribution in [1.82, 2.24) is 10.3 Å². The maximum atomic E-state index is 6.07. The molecule has 0 saturated carbocycles. The average molecular weight is 396 g/mol. The van der Waals surface area contributed by atoms with Crippen LogP contribution in [0.5, 0.6) is 5.75 Å². The van der Waals surface area contributed by atoms with Gasteiger partial charge < -0.3 is 33.0 Å². The summed E-state index contributed by atoms with van der Waals surface area (Å²) in [5.74, 6) is 1.42. The number of rotatable bonds is 7. The lowest BCUT2D eigenvalue weighted by molar-refractivity contribution is 0.167. The molecule has 1 aromatic heterocycles. The molecule has 3 rings (SSSR count). The van der Waals surface area contributed by atoms with Crippen LogP contribution in [0.2, 0.25) is 0 Å². The highest BCUT2D eigenvalue weighted by Gasteiger charge is 2.14.